The van der Waals surface area contributed by atoms with E-state index in [2.05, 4.69) is 14.9 Å². The minimum Gasteiger partial charge on any atom is -0.487 e. The van der Waals surface area contributed by atoms with Crippen LogP contribution in [0.5, 0.6) is 5.75 Å². The summed E-state index contributed by atoms with van der Waals surface area (Å²) in [5.74, 6) is -2.03. The van der Waals surface area contributed by atoms with E-state index in [0.29, 0.717) is 24.6 Å². The van der Waals surface area contributed by atoms with Gasteiger partial charge in [0.15, 0.2) is 27.2 Å². The summed E-state index contributed by atoms with van der Waals surface area (Å²) in [4.78, 5) is 10.3. The second kappa shape index (κ2) is 10.0. The molecule has 2 heterocycles. The molecule has 0 spiro atoms. The highest BCUT2D eigenvalue weighted by Crippen LogP contribution is 2.37. The van der Waals surface area contributed by atoms with E-state index < -0.39 is 32.1 Å². The van der Waals surface area contributed by atoms with Crippen LogP contribution in [0.2, 0.25) is 0 Å². The maximum absolute atomic E-state index is 15.3. The molecule has 0 atom stereocenters. The first kappa shape index (κ1) is 24.1. The molecule has 4 rings (SSSR count). The maximum Gasteiger partial charge on any atom is 0.225 e. The highest BCUT2D eigenvalue weighted by molar-refractivity contribution is 7.90. The first-order valence-electron chi connectivity index (χ1n) is 11.2. The van der Waals surface area contributed by atoms with Gasteiger partial charge in [0.05, 0.1) is 6.61 Å². The molecular weight excluding hydrogens is 460 g/mol. The van der Waals surface area contributed by atoms with Crippen LogP contribution in [-0.4, -0.2) is 44.3 Å². The van der Waals surface area contributed by atoms with Crippen molar-refractivity contribution >= 4 is 15.8 Å². The van der Waals surface area contributed by atoms with E-state index in [1.54, 1.807) is 30.3 Å². The van der Waals surface area contributed by atoms with Gasteiger partial charge in [0.2, 0.25) is 5.95 Å². The Bertz CT molecular complexity index is 1240. The summed E-state index contributed by atoms with van der Waals surface area (Å²) in [7, 11) is -3.98. The smallest absolute Gasteiger partial charge is 0.225 e. The van der Waals surface area contributed by atoms with Crippen molar-refractivity contribution in [1.29, 1.82) is 0 Å². The molecule has 0 bridgehead atoms. The van der Waals surface area contributed by atoms with Crippen molar-refractivity contribution in [3.8, 4) is 16.9 Å². The number of nitrogens with zero attached hydrogens (tertiary/aromatic N) is 3. The first-order chi connectivity index (χ1) is 16.3. The fourth-order valence-corrected chi connectivity index (χ4v) is 5.10. The van der Waals surface area contributed by atoms with Crippen molar-refractivity contribution in [1.82, 2.24) is 9.97 Å². The molecule has 1 aliphatic heterocycles. The minimum atomic E-state index is -3.98. The highest BCUT2D eigenvalue weighted by Gasteiger charge is 2.28. The summed E-state index contributed by atoms with van der Waals surface area (Å²) in [5.41, 5.74) is 1.46. The number of sulfone groups is 1. The first-order valence-corrected chi connectivity index (χ1v) is 13.1. The number of piperidine rings is 1. The Morgan fingerprint density at radius 2 is 1.74 bits per heavy atom. The molecule has 9 heteroatoms. The van der Waals surface area contributed by atoms with Crippen LogP contribution in [0, 0.1) is 17.6 Å². The van der Waals surface area contributed by atoms with E-state index in [4.69, 9.17) is 4.74 Å². The van der Waals surface area contributed by atoms with Gasteiger partial charge in [-0.1, -0.05) is 37.3 Å². The van der Waals surface area contributed by atoms with Gasteiger partial charge in [-0.05, 0) is 42.4 Å². The van der Waals surface area contributed by atoms with Crippen LogP contribution in [0.25, 0.3) is 11.1 Å². The van der Waals surface area contributed by atoms with Crippen LogP contribution in [0.4, 0.5) is 14.7 Å². The van der Waals surface area contributed by atoms with E-state index in [9.17, 15) is 12.8 Å². The number of hydrogen-bond donors (Lipinski definition) is 0. The molecule has 1 aliphatic rings. The van der Waals surface area contributed by atoms with E-state index in [-0.39, 0.29) is 18.1 Å². The van der Waals surface area contributed by atoms with Gasteiger partial charge in [0.1, 0.15) is 4.90 Å². The van der Waals surface area contributed by atoms with E-state index in [1.165, 1.54) is 0 Å². The molecule has 6 nitrogen and oxygen atoms in total. The third-order valence-corrected chi connectivity index (χ3v) is 7.19. The van der Waals surface area contributed by atoms with Gasteiger partial charge in [-0.2, -0.15) is 0 Å². The fraction of sp³-hybridized carbons (Fsp3) is 0.360. The quantitative estimate of drug-likeness (QED) is 0.451. The predicted octanol–water partition coefficient (Wildman–Crippen LogP) is 4.68. The molecule has 34 heavy (non-hydrogen) atoms. The number of benzene rings is 2. The average Bonchev–Trinajstić information content (AvgIpc) is 2.83. The van der Waals surface area contributed by atoms with Gasteiger partial charge in [-0.3, -0.25) is 0 Å². The Balaban J connectivity index is 1.48. The number of ether oxygens (including phenoxy) is 1. The maximum atomic E-state index is 15.3. The zero-order valence-electron chi connectivity index (χ0n) is 19.2. The largest absolute Gasteiger partial charge is 0.487 e. The van der Waals surface area contributed by atoms with Crippen LogP contribution in [0.15, 0.2) is 53.7 Å². The highest BCUT2D eigenvalue weighted by atomic mass is 32.2. The van der Waals surface area contributed by atoms with Crippen LogP contribution >= 0.6 is 0 Å². The number of halogens is 2. The number of aromatic nitrogens is 2. The molecule has 0 N–H and O–H groups in total. The predicted molar refractivity (Wildman–Crippen MR) is 127 cm³/mol. The number of anilines is 1. The third-order valence-electron chi connectivity index (χ3n) is 6.05. The monoisotopic (exact) mass is 487 g/mol. The number of rotatable bonds is 7. The molecule has 1 saturated heterocycles. The normalized spacial score (nSPS) is 14.9. The summed E-state index contributed by atoms with van der Waals surface area (Å²) < 4.78 is 60.5. The molecule has 0 amide bonds. The molecular formula is C25H27F2N3O3S. The van der Waals surface area contributed by atoms with Gasteiger partial charge in [0.25, 0.3) is 0 Å². The molecule has 2 aromatic carbocycles. The number of aryl methyl sites for hydroxylation is 1. The molecule has 0 saturated carbocycles. The minimum absolute atomic E-state index is 0.0205. The lowest BCUT2D eigenvalue weighted by molar-refractivity contribution is 0.205. The lowest BCUT2D eigenvalue weighted by atomic mass is 9.98. The lowest BCUT2D eigenvalue weighted by Crippen LogP contribution is -2.36. The van der Waals surface area contributed by atoms with E-state index >= 15 is 4.39 Å². The summed E-state index contributed by atoms with van der Waals surface area (Å²) >= 11 is 0. The van der Waals surface area contributed by atoms with Crippen molar-refractivity contribution in [3.05, 3.63) is 66.0 Å². The van der Waals surface area contributed by atoms with Crippen LogP contribution in [0.3, 0.4) is 0 Å². The van der Waals surface area contributed by atoms with Gasteiger partial charge in [-0.25, -0.2) is 27.2 Å². The van der Waals surface area contributed by atoms with Crippen molar-refractivity contribution < 1.29 is 21.9 Å². The average molecular weight is 488 g/mol. The zero-order chi connectivity index (χ0) is 24.3. The molecule has 0 unspecified atom stereocenters. The molecule has 1 aromatic heterocycles. The molecule has 1 fully saturated rings. The Morgan fingerprint density at radius 1 is 1.09 bits per heavy atom. The van der Waals surface area contributed by atoms with E-state index in [1.807, 2.05) is 19.3 Å². The summed E-state index contributed by atoms with van der Waals surface area (Å²) in [6.07, 6.45) is 6.90. The third kappa shape index (κ3) is 5.19. The standard InChI is InChI=1S/C25H27F2N3O3S/c1-3-17-14-28-25(29-15-17)30-11-9-18(10-12-30)16-33-23-21(26)13-20(19-7-5-4-6-8-19)24(22(23)27)34(2,31)32/h4-8,13-15,18H,3,9-12,16H2,1-2H3. The molecule has 180 valence electrons. The van der Waals surface area contributed by atoms with Crippen molar-refractivity contribution in [3.63, 3.8) is 0 Å². The van der Waals surface area contributed by atoms with Crippen LogP contribution in [0.1, 0.15) is 25.3 Å². The Labute approximate surface area is 198 Å². The zero-order valence-corrected chi connectivity index (χ0v) is 20.0. The fourth-order valence-electron chi connectivity index (χ4n) is 4.11. The topological polar surface area (TPSA) is 72.4 Å². The SMILES string of the molecule is CCc1cnc(N2CCC(COc3c(F)cc(-c4ccccc4)c(S(C)(=O)=O)c3F)CC2)nc1. The lowest BCUT2D eigenvalue weighted by Gasteiger charge is -2.32. The summed E-state index contributed by atoms with van der Waals surface area (Å²) in [5, 5.41) is 0. The van der Waals surface area contributed by atoms with Crippen molar-refractivity contribution in [2.45, 2.75) is 31.1 Å². The Hall–Kier alpha value is -3.07. The second-order valence-electron chi connectivity index (χ2n) is 8.50. The van der Waals surface area contributed by atoms with E-state index in [0.717, 1.165) is 37.1 Å². The summed E-state index contributed by atoms with van der Waals surface area (Å²) in [6, 6.07) is 9.34. The molecule has 0 aliphatic carbocycles. The number of hydrogen-bond acceptors (Lipinski definition) is 6. The van der Waals surface area contributed by atoms with Crippen molar-refractivity contribution in [2.75, 3.05) is 30.9 Å². The van der Waals surface area contributed by atoms with Gasteiger partial charge in [0, 0.05) is 37.3 Å². The summed E-state index contributed by atoms with van der Waals surface area (Å²) in [6.45, 7) is 3.53. The van der Waals surface area contributed by atoms with Crippen LogP contribution in [-0.2, 0) is 16.3 Å². The Kier molecular flexibility index (Phi) is 7.11. The molecule has 0 radical (unpaired) electrons. The Morgan fingerprint density at radius 3 is 2.32 bits per heavy atom. The van der Waals surface area contributed by atoms with Crippen molar-refractivity contribution in [2.24, 2.45) is 5.92 Å². The second-order valence-corrected chi connectivity index (χ2v) is 10.5. The van der Waals surface area contributed by atoms with Gasteiger partial charge < -0.3 is 9.64 Å². The molecule has 3 aromatic rings. The van der Waals surface area contributed by atoms with Gasteiger partial charge in [-0.15, -0.1) is 0 Å². The van der Waals surface area contributed by atoms with Gasteiger partial charge >= 0.3 is 0 Å². The van der Waals surface area contributed by atoms with Crippen LogP contribution < -0.4 is 9.64 Å².